The Balaban J connectivity index is 1.50. The minimum atomic E-state index is -3.10. The number of thioether (sulfide) groups is 1. The largest absolute Gasteiger partial charge is 0.494 e. The minimum Gasteiger partial charge on any atom is -0.494 e. The second-order valence-corrected chi connectivity index (χ2v) is 13.6. The molecule has 11 heteroatoms. The second-order valence-electron chi connectivity index (χ2n) is 9.38. The van der Waals surface area contributed by atoms with Gasteiger partial charge in [-0.05, 0) is 75.8 Å². The SMILES string of the molecule is CCOc1ccc(-n2c(SCC(=O)N(CC)[C@@H]3CCS(=O)(=O)C3)nc3sc4c(c3c2=O)CCCC4)cc1. The van der Waals surface area contributed by atoms with Gasteiger partial charge in [0.25, 0.3) is 5.56 Å². The van der Waals surface area contributed by atoms with Crippen LogP contribution in [0.1, 0.15) is 43.6 Å². The number of aromatic nitrogens is 2. The fourth-order valence-electron chi connectivity index (χ4n) is 5.24. The Morgan fingerprint density at radius 1 is 1.22 bits per heavy atom. The Kier molecular flexibility index (Phi) is 7.65. The summed E-state index contributed by atoms with van der Waals surface area (Å²) in [6.45, 7) is 4.77. The lowest BCUT2D eigenvalue weighted by atomic mass is 9.97. The van der Waals surface area contributed by atoms with Crippen LogP contribution in [-0.4, -0.2) is 65.2 Å². The highest BCUT2D eigenvalue weighted by Crippen LogP contribution is 2.35. The van der Waals surface area contributed by atoms with E-state index in [1.807, 2.05) is 38.1 Å². The number of benzene rings is 1. The van der Waals surface area contributed by atoms with E-state index in [9.17, 15) is 18.0 Å². The summed E-state index contributed by atoms with van der Waals surface area (Å²) < 4.78 is 31.1. The molecule has 1 fully saturated rings. The molecule has 3 heterocycles. The maximum atomic E-state index is 13.9. The summed E-state index contributed by atoms with van der Waals surface area (Å²) in [5, 5.41) is 1.15. The van der Waals surface area contributed by atoms with Gasteiger partial charge >= 0.3 is 0 Å². The number of rotatable bonds is 8. The van der Waals surface area contributed by atoms with Crippen molar-refractivity contribution >= 4 is 49.1 Å². The van der Waals surface area contributed by atoms with Crippen LogP contribution >= 0.6 is 23.1 Å². The smallest absolute Gasteiger partial charge is 0.267 e. The van der Waals surface area contributed by atoms with Crippen molar-refractivity contribution in [3.05, 3.63) is 45.1 Å². The van der Waals surface area contributed by atoms with Crippen molar-refractivity contribution in [3.8, 4) is 11.4 Å². The van der Waals surface area contributed by atoms with Crippen LogP contribution in [0.15, 0.2) is 34.2 Å². The van der Waals surface area contributed by atoms with Gasteiger partial charge in [-0.15, -0.1) is 11.3 Å². The molecule has 1 saturated heterocycles. The average Bonchev–Trinajstić information content (AvgIpc) is 3.43. The number of fused-ring (bicyclic) bond motifs is 3. The van der Waals surface area contributed by atoms with E-state index in [-0.39, 0.29) is 34.8 Å². The fraction of sp³-hybridized carbons (Fsp3) is 0.500. The van der Waals surface area contributed by atoms with Gasteiger partial charge < -0.3 is 9.64 Å². The quantitative estimate of drug-likeness (QED) is 0.304. The number of hydrogen-bond donors (Lipinski definition) is 0. The lowest BCUT2D eigenvalue weighted by Gasteiger charge is -2.26. The highest BCUT2D eigenvalue weighted by Gasteiger charge is 2.34. The van der Waals surface area contributed by atoms with Crippen molar-refractivity contribution in [1.82, 2.24) is 14.5 Å². The van der Waals surface area contributed by atoms with Gasteiger partial charge in [0.05, 0.1) is 34.9 Å². The van der Waals surface area contributed by atoms with E-state index in [1.165, 1.54) is 16.6 Å². The lowest BCUT2D eigenvalue weighted by Crippen LogP contribution is -2.42. The third kappa shape index (κ3) is 5.31. The van der Waals surface area contributed by atoms with E-state index in [2.05, 4.69) is 0 Å². The molecule has 3 aromatic rings. The van der Waals surface area contributed by atoms with Crippen LogP contribution in [0.2, 0.25) is 0 Å². The summed E-state index contributed by atoms with van der Waals surface area (Å²) in [5.41, 5.74) is 1.68. The van der Waals surface area contributed by atoms with Gasteiger partial charge in [-0.25, -0.2) is 13.4 Å². The second kappa shape index (κ2) is 10.8. The Morgan fingerprint density at radius 3 is 2.65 bits per heavy atom. The predicted octanol–water partition coefficient (Wildman–Crippen LogP) is 3.85. The molecule has 0 saturated carbocycles. The zero-order valence-electron chi connectivity index (χ0n) is 21.1. The first-order chi connectivity index (χ1) is 17.8. The van der Waals surface area contributed by atoms with Crippen LogP contribution in [0, 0.1) is 0 Å². The van der Waals surface area contributed by atoms with Crippen molar-refractivity contribution < 1.29 is 17.9 Å². The molecule has 1 atom stereocenters. The number of aryl methyl sites for hydroxylation is 2. The van der Waals surface area contributed by atoms with Gasteiger partial charge in [-0.1, -0.05) is 11.8 Å². The molecule has 8 nitrogen and oxygen atoms in total. The molecule has 2 aromatic heterocycles. The normalized spacial score (nSPS) is 18.6. The van der Waals surface area contributed by atoms with Gasteiger partial charge in [0.15, 0.2) is 15.0 Å². The first-order valence-electron chi connectivity index (χ1n) is 12.7. The summed E-state index contributed by atoms with van der Waals surface area (Å²) in [7, 11) is -3.10. The number of thiophene rings is 1. The van der Waals surface area contributed by atoms with E-state index in [1.54, 1.807) is 20.8 Å². The standard InChI is InChI=1S/C26H31N3O5S3/c1-3-28(18-13-14-37(32,33)16-18)22(30)15-35-26-27-24-23(20-7-5-6-8-21(20)36-24)25(31)29(26)17-9-11-19(12-10-17)34-4-2/h9-12,18H,3-8,13-16H2,1-2H3/t18-/m1/s1. The third-order valence-electron chi connectivity index (χ3n) is 7.00. The Labute approximate surface area is 225 Å². The molecule has 0 radical (unpaired) electrons. The molecule has 2 aliphatic rings. The van der Waals surface area contributed by atoms with Crippen LogP contribution in [0.4, 0.5) is 0 Å². The Morgan fingerprint density at radius 2 is 1.97 bits per heavy atom. The lowest BCUT2D eigenvalue weighted by molar-refractivity contribution is -0.129. The zero-order chi connectivity index (χ0) is 26.2. The first kappa shape index (κ1) is 26.2. The van der Waals surface area contributed by atoms with E-state index >= 15 is 0 Å². The molecule has 37 heavy (non-hydrogen) atoms. The predicted molar refractivity (Wildman–Crippen MR) is 148 cm³/mol. The summed E-state index contributed by atoms with van der Waals surface area (Å²) in [5.74, 6) is 0.778. The molecule has 0 spiro atoms. The Bertz CT molecular complexity index is 1480. The third-order valence-corrected chi connectivity index (χ3v) is 10.9. The number of carbonyl (C=O) groups excluding carboxylic acids is 1. The summed E-state index contributed by atoms with van der Waals surface area (Å²) >= 11 is 2.81. The maximum absolute atomic E-state index is 13.9. The van der Waals surface area contributed by atoms with Crippen molar-refractivity contribution in [1.29, 1.82) is 0 Å². The highest BCUT2D eigenvalue weighted by molar-refractivity contribution is 7.99. The zero-order valence-corrected chi connectivity index (χ0v) is 23.5. The van der Waals surface area contributed by atoms with Crippen molar-refractivity contribution in [2.24, 2.45) is 0 Å². The van der Waals surface area contributed by atoms with Crippen LogP contribution in [0.5, 0.6) is 5.75 Å². The Hall–Kier alpha value is -2.37. The number of sulfone groups is 1. The molecule has 1 aliphatic carbocycles. The number of hydrogen-bond acceptors (Lipinski definition) is 8. The summed E-state index contributed by atoms with van der Waals surface area (Å²) in [6.07, 6.45) is 4.50. The highest BCUT2D eigenvalue weighted by atomic mass is 32.2. The van der Waals surface area contributed by atoms with E-state index in [0.29, 0.717) is 35.8 Å². The van der Waals surface area contributed by atoms with E-state index in [0.717, 1.165) is 41.8 Å². The average molecular weight is 562 g/mol. The molecular formula is C26H31N3O5S3. The van der Waals surface area contributed by atoms with Gasteiger partial charge in [-0.2, -0.15) is 0 Å². The molecule has 1 aliphatic heterocycles. The van der Waals surface area contributed by atoms with Gasteiger partial charge in [0.2, 0.25) is 5.91 Å². The molecule has 0 N–H and O–H groups in total. The molecular weight excluding hydrogens is 531 g/mol. The number of nitrogens with zero attached hydrogens (tertiary/aromatic N) is 3. The van der Waals surface area contributed by atoms with Crippen LogP contribution in [0.25, 0.3) is 15.9 Å². The van der Waals surface area contributed by atoms with Crippen molar-refractivity contribution in [2.45, 2.75) is 57.1 Å². The van der Waals surface area contributed by atoms with Crippen LogP contribution < -0.4 is 10.3 Å². The summed E-state index contributed by atoms with van der Waals surface area (Å²) in [6, 6.07) is 7.05. The molecule has 5 rings (SSSR count). The number of ether oxygens (including phenoxy) is 1. The number of amides is 1. The topological polar surface area (TPSA) is 98.6 Å². The van der Waals surface area contributed by atoms with E-state index in [4.69, 9.17) is 9.72 Å². The van der Waals surface area contributed by atoms with Crippen LogP contribution in [0.3, 0.4) is 0 Å². The van der Waals surface area contributed by atoms with E-state index < -0.39 is 9.84 Å². The molecule has 0 bridgehead atoms. The van der Waals surface area contributed by atoms with Gasteiger partial charge in [0.1, 0.15) is 10.6 Å². The minimum absolute atomic E-state index is 0.0130. The van der Waals surface area contributed by atoms with Gasteiger partial charge in [-0.3, -0.25) is 14.2 Å². The first-order valence-corrected chi connectivity index (χ1v) is 16.4. The molecule has 0 unspecified atom stereocenters. The van der Waals surface area contributed by atoms with Crippen LogP contribution in [-0.2, 0) is 27.5 Å². The number of carbonyl (C=O) groups is 1. The van der Waals surface area contributed by atoms with Gasteiger partial charge in [0, 0.05) is 17.5 Å². The molecule has 198 valence electrons. The monoisotopic (exact) mass is 561 g/mol. The van der Waals surface area contributed by atoms with Crippen molar-refractivity contribution in [3.63, 3.8) is 0 Å². The fourth-order valence-corrected chi connectivity index (χ4v) is 9.17. The summed E-state index contributed by atoms with van der Waals surface area (Å²) in [4.78, 5) is 35.6. The molecule has 1 aromatic carbocycles. The van der Waals surface area contributed by atoms with Crippen molar-refractivity contribution in [2.75, 3.05) is 30.4 Å². The maximum Gasteiger partial charge on any atom is 0.267 e. The molecule has 1 amide bonds.